The Balaban J connectivity index is 1.88. The van der Waals surface area contributed by atoms with E-state index >= 15 is 0 Å². The van der Waals surface area contributed by atoms with E-state index in [-0.39, 0.29) is 6.04 Å². The van der Waals surface area contributed by atoms with E-state index in [1.54, 1.807) is 16.9 Å². The molecule has 3 aromatic rings. The number of aromatic nitrogens is 4. The summed E-state index contributed by atoms with van der Waals surface area (Å²) in [6.45, 7) is 4.11. The highest BCUT2D eigenvalue weighted by Gasteiger charge is 2.09. The molecule has 0 bridgehead atoms. The number of rotatable bonds is 3. The summed E-state index contributed by atoms with van der Waals surface area (Å²) in [6.07, 6.45) is 5.47. The summed E-state index contributed by atoms with van der Waals surface area (Å²) in [7, 11) is 0. The molecule has 3 aromatic heterocycles. The SMILES string of the molecule is Cc1cccn2nc(NC(C)c3ccncc3)nc12. The quantitative estimate of drug-likeness (QED) is 0.779. The molecule has 3 rings (SSSR count). The average Bonchev–Trinajstić information content (AvgIpc) is 2.84. The first kappa shape index (κ1) is 11.6. The second-order valence-corrected chi connectivity index (χ2v) is 4.54. The van der Waals surface area contributed by atoms with Crippen molar-refractivity contribution in [3.05, 3.63) is 54.0 Å². The molecule has 1 unspecified atom stereocenters. The Labute approximate surface area is 111 Å². The molecule has 0 aliphatic heterocycles. The summed E-state index contributed by atoms with van der Waals surface area (Å²) in [5.41, 5.74) is 3.15. The second-order valence-electron chi connectivity index (χ2n) is 4.54. The number of nitrogens with one attached hydrogen (secondary N) is 1. The number of nitrogens with zero attached hydrogens (tertiary/aromatic N) is 4. The highest BCUT2D eigenvalue weighted by atomic mass is 15.3. The number of fused-ring (bicyclic) bond motifs is 1. The van der Waals surface area contributed by atoms with E-state index in [0.717, 1.165) is 16.8 Å². The van der Waals surface area contributed by atoms with Crippen molar-refractivity contribution in [1.82, 2.24) is 19.6 Å². The molecule has 5 nitrogen and oxygen atoms in total. The van der Waals surface area contributed by atoms with Gasteiger partial charge in [0.25, 0.3) is 0 Å². The van der Waals surface area contributed by atoms with Gasteiger partial charge in [0.1, 0.15) is 0 Å². The van der Waals surface area contributed by atoms with Gasteiger partial charge in [0.2, 0.25) is 5.95 Å². The third kappa shape index (κ3) is 2.27. The van der Waals surface area contributed by atoms with Crippen molar-refractivity contribution >= 4 is 11.6 Å². The zero-order chi connectivity index (χ0) is 13.2. The Bertz CT molecular complexity index is 689. The average molecular weight is 253 g/mol. The Morgan fingerprint density at radius 1 is 1.21 bits per heavy atom. The molecule has 0 spiro atoms. The molecular weight excluding hydrogens is 238 g/mol. The van der Waals surface area contributed by atoms with Gasteiger partial charge in [0.15, 0.2) is 5.65 Å². The van der Waals surface area contributed by atoms with Crippen LogP contribution in [0.15, 0.2) is 42.9 Å². The smallest absolute Gasteiger partial charge is 0.243 e. The van der Waals surface area contributed by atoms with Crippen LogP contribution in [-0.2, 0) is 0 Å². The minimum absolute atomic E-state index is 0.140. The fourth-order valence-electron chi connectivity index (χ4n) is 2.03. The fourth-order valence-corrected chi connectivity index (χ4v) is 2.03. The molecular formula is C14H15N5. The van der Waals surface area contributed by atoms with Crippen molar-refractivity contribution in [1.29, 1.82) is 0 Å². The monoisotopic (exact) mass is 253 g/mol. The predicted octanol–water partition coefficient (Wildman–Crippen LogP) is 2.61. The van der Waals surface area contributed by atoms with Gasteiger partial charge in [-0.05, 0) is 43.2 Å². The first-order valence-electron chi connectivity index (χ1n) is 6.22. The Morgan fingerprint density at radius 3 is 2.74 bits per heavy atom. The van der Waals surface area contributed by atoms with Gasteiger partial charge in [-0.1, -0.05) is 6.07 Å². The number of hydrogen-bond acceptors (Lipinski definition) is 4. The van der Waals surface area contributed by atoms with Crippen molar-refractivity contribution < 1.29 is 0 Å². The van der Waals surface area contributed by atoms with Crippen LogP contribution in [0.1, 0.15) is 24.1 Å². The van der Waals surface area contributed by atoms with E-state index in [9.17, 15) is 0 Å². The molecule has 0 aliphatic carbocycles. The first-order chi connectivity index (χ1) is 9.24. The van der Waals surface area contributed by atoms with E-state index in [1.165, 1.54) is 0 Å². The minimum Gasteiger partial charge on any atom is -0.346 e. The Morgan fingerprint density at radius 2 is 2.00 bits per heavy atom. The number of pyridine rings is 2. The van der Waals surface area contributed by atoms with Gasteiger partial charge in [0, 0.05) is 18.6 Å². The summed E-state index contributed by atoms with van der Waals surface area (Å²) in [5.74, 6) is 0.638. The number of anilines is 1. The molecule has 3 heterocycles. The molecule has 96 valence electrons. The number of hydrogen-bond donors (Lipinski definition) is 1. The lowest BCUT2D eigenvalue weighted by molar-refractivity contribution is 0.850. The van der Waals surface area contributed by atoms with Gasteiger partial charge in [-0.15, -0.1) is 5.10 Å². The Kier molecular flexibility index (Phi) is 2.87. The molecule has 0 fully saturated rings. The molecule has 0 saturated carbocycles. The van der Waals surface area contributed by atoms with Gasteiger partial charge < -0.3 is 5.32 Å². The standard InChI is InChI=1S/C14H15N5/c1-10-4-3-9-19-13(10)17-14(18-19)16-11(2)12-5-7-15-8-6-12/h3-9,11H,1-2H3,(H,16,18). The lowest BCUT2D eigenvalue weighted by Gasteiger charge is -2.11. The largest absolute Gasteiger partial charge is 0.346 e. The van der Waals surface area contributed by atoms with Gasteiger partial charge >= 0.3 is 0 Å². The highest BCUT2D eigenvalue weighted by Crippen LogP contribution is 2.17. The summed E-state index contributed by atoms with van der Waals surface area (Å²) >= 11 is 0. The van der Waals surface area contributed by atoms with E-state index in [0.29, 0.717) is 5.95 Å². The van der Waals surface area contributed by atoms with Crippen LogP contribution in [0, 0.1) is 6.92 Å². The lowest BCUT2D eigenvalue weighted by atomic mass is 10.1. The maximum Gasteiger partial charge on any atom is 0.243 e. The molecule has 0 radical (unpaired) electrons. The molecule has 0 aromatic carbocycles. The van der Waals surface area contributed by atoms with Gasteiger partial charge in [-0.2, -0.15) is 4.98 Å². The maximum absolute atomic E-state index is 4.50. The third-order valence-corrected chi connectivity index (χ3v) is 3.11. The molecule has 0 amide bonds. The second kappa shape index (κ2) is 4.68. The minimum atomic E-state index is 0.140. The summed E-state index contributed by atoms with van der Waals surface area (Å²) < 4.78 is 1.79. The van der Waals surface area contributed by atoms with Crippen LogP contribution >= 0.6 is 0 Å². The molecule has 5 heteroatoms. The molecule has 1 N–H and O–H groups in total. The van der Waals surface area contributed by atoms with Gasteiger partial charge in [0.05, 0.1) is 6.04 Å². The topological polar surface area (TPSA) is 55.1 Å². The van der Waals surface area contributed by atoms with Crippen LogP contribution in [0.3, 0.4) is 0 Å². The van der Waals surface area contributed by atoms with Crippen molar-refractivity contribution in [2.45, 2.75) is 19.9 Å². The molecule has 19 heavy (non-hydrogen) atoms. The lowest BCUT2D eigenvalue weighted by Crippen LogP contribution is -2.07. The van der Waals surface area contributed by atoms with Crippen LogP contribution in [0.2, 0.25) is 0 Å². The predicted molar refractivity (Wildman–Crippen MR) is 74.0 cm³/mol. The third-order valence-electron chi connectivity index (χ3n) is 3.11. The maximum atomic E-state index is 4.50. The first-order valence-corrected chi connectivity index (χ1v) is 6.22. The van der Waals surface area contributed by atoms with Crippen LogP contribution in [-0.4, -0.2) is 19.6 Å². The summed E-state index contributed by atoms with van der Waals surface area (Å²) in [6, 6.07) is 8.10. The van der Waals surface area contributed by atoms with Crippen molar-refractivity contribution in [3.63, 3.8) is 0 Å². The molecule has 1 atom stereocenters. The summed E-state index contributed by atoms with van der Waals surface area (Å²) in [4.78, 5) is 8.52. The number of aryl methyl sites for hydroxylation is 1. The van der Waals surface area contributed by atoms with E-state index in [2.05, 4.69) is 27.3 Å². The van der Waals surface area contributed by atoms with E-state index in [1.807, 2.05) is 37.4 Å². The zero-order valence-corrected chi connectivity index (χ0v) is 10.9. The van der Waals surface area contributed by atoms with Crippen LogP contribution < -0.4 is 5.32 Å². The fraction of sp³-hybridized carbons (Fsp3) is 0.214. The van der Waals surface area contributed by atoms with Crippen molar-refractivity contribution in [2.75, 3.05) is 5.32 Å². The normalized spacial score (nSPS) is 12.5. The van der Waals surface area contributed by atoms with Gasteiger partial charge in [-0.3, -0.25) is 4.98 Å². The highest BCUT2D eigenvalue weighted by molar-refractivity contribution is 5.50. The molecule has 0 saturated heterocycles. The van der Waals surface area contributed by atoms with E-state index in [4.69, 9.17) is 0 Å². The summed E-state index contributed by atoms with van der Waals surface area (Å²) in [5, 5.41) is 7.72. The van der Waals surface area contributed by atoms with Crippen LogP contribution in [0.5, 0.6) is 0 Å². The van der Waals surface area contributed by atoms with Crippen LogP contribution in [0.25, 0.3) is 5.65 Å². The van der Waals surface area contributed by atoms with E-state index < -0.39 is 0 Å². The van der Waals surface area contributed by atoms with Crippen molar-refractivity contribution in [3.8, 4) is 0 Å². The Hall–Kier alpha value is -2.43. The zero-order valence-electron chi connectivity index (χ0n) is 10.9. The van der Waals surface area contributed by atoms with Crippen LogP contribution in [0.4, 0.5) is 5.95 Å². The van der Waals surface area contributed by atoms with Gasteiger partial charge in [-0.25, -0.2) is 4.52 Å². The van der Waals surface area contributed by atoms with Crippen molar-refractivity contribution in [2.24, 2.45) is 0 Å². The molecule has 0 aliphatic rings.